The standard InChI is InChI=1S/C16H30N2O2/c1-16(2,3)20-15(19)17-11-13-7-9-18(10-8-13)12-14-5-4-6-14/h13-14H,4-12H2,1-3H3,(H,17,19). The van der Waals surface area contributed by atoms with Gasteiger partial charge in [-0.15, -0.1) is 0 Å². The fourth-order valence-electron chi connectivity index (χ4n) is 2.96. The molecule has 4 heteroatoms. The molecule has 1 saturated heterocycles. The van der Waals surface area contributed by atoms with E-state index in [1.165, 1.54) is 51.7 Å². The third-order valence-electron chi connectivity index (χ3n) is 4.38. The van der Waals surface area contributed by atoms with Crippen molar-refractivity contribution in [2.75, 3.05) is 26.2 Å². The molecule has 4 nitrogen and oxygen atoms in total. The Labute approximate surface area is 123 Å². The number of likely N-dealkylation sites (tertiary alicyclic amines) is 1. The maximum absolute atomic E-state index is 11.6. The summed E-state index contributed by atoms with van der Waals surface area (Å²) in [5, 5.41) is 2.91. The van der Waals surface area contributed by atoms with E-state index in [4.69, 9.17) is 4.74 Å². The first-order valence-electron chi connectivity index (χ1n) is 8.11. The summed E-state index contributed by atoms with van der Waals surface area (Å²) in [4.78, 5) is 14.2. The third kappa shape index (κ3) is 5.31. The van der Waals surface area contributed by atoms with Crippen LogP contribution < -0.4 is 5.32 Å². The molecule has 1 aliphatic carbocycles. The van der Waals surface area contributed by atoms with Crippen LogP contribution in [0.2, 0.25) is 0 Å². The normalized spacial score (nSPS) is 22.4. The smallest absolute Gasteiger partial charge is 0.407 e. The zero-order valence-corrected chi connectivity index (χ0v) is 13.3. The van der Waals surface area contributed by atoms with E-state index in [1.54, 1.807) is 0 Å². The topological polar surface area (TPSA) is 41.6 Å². The largest absolute Gasteiger partial charge is 0.444 e. The molecule has 0 aromatic carbocycles. The number of alkyl carbamates (subject to hydrolysis) is 1. The van der Waals surface area contributed by atoms with E-state index in [2.05, 4.69) is 10.2 Å². The summed E-state index contributed by atoms with van der Waals surface area (Å²) in [5.41, 5.74) is -0.407. The van der Waals surface area contributed by atoms with Gasteiger partial charge < -0.3 is 15.0 Å². The maximum atomic E-state index is 11.6. The number of hydrogen-bond donors (Lipinski definition) is 1. The van der Waals surface area contributed by atoms with Crippen LogP contribution in [-0.4, -0.2) is 42.8 Å². The molecule has 1 saturated carbocycles. The highest BCUT2D eigenvalue weighted by molar-refractivity contribution is 5.67. The summed E-state index contributed by atoms with van der Waals surface area (Å²) in [7, 11) is 0. The molecule has 1 N–H and O–H groups in total. The number of nitrogens with zero attached hydrogens (tertiary/aromatic N) is 1. The maximum Gasteiger partial charge on any atom is 0.407 e. The van der Waals surface area contributed by atoms with Crippen molar-refractivity contribution >= 4 is 6.09 Å². The summed E-state index contributed by atoms with van der Waals surface area (Å²) in [6.45, 7) is 10.1. The second-order valence-electron chi connectivity index (χ2n) is 7.42. The molecule has 116 valence electrons. The number of ether oxygens (including phenoxy) is 1. The molecule has 0 atom stereocenters. The second-order valence-corrected chi connectivity index (χ2v) is 7.42. The van der Waals surface area contributed by atoms with Crippen LogP contribution >= 0.6 is 0 Å². The molecular formula is C16H30N2O2. The lowest BCUT2D eigenvalue weighted by molar-refractivity contribution is 0.0507. The Morgan fingerprint density at radius 1 is 1.15 bits per heavy atom. The average molecular weight is 282 g/mol. The first-order chi connectivity index (χ1) is 9.42. The molecule has 0 aromatic rings. The minimum absolute atomic E-state index is 0.283. The fraction of sp³-hybridized carbons (Fsp3) is 0.938. The van der Waals surface area contributed by atoms with Gasteiger partial charge in [-0.25, -0.2) is 4.79 Å². The molecular weight excluding hydrogens is 252 g/mol. The van der Waals surface area contributed by atoms with Gasteiger partial charge in [0.1, 0.15) is 5.60 Å². The number of hydrogen-bond acceptors (Lipinski definition) is 3. The van der Waals surface area contributed by atoms with E-state index >= 15 is 0 Å². The number of amides is 1. The number of carbonyl (C=O) groups is 1. The number of piperidine rings is 1. The van der Waals surface area contributed by atoms with Crippen LogP contribution in [0.1, 0.15) is 52.9 Å². The quantitative estimate of drug-likeness (QED) is 0.862. The van der Waals surface area contributed by atoms with E-state index in [1.807, 2.05) is 20.8 Å². The van der Waals surface area contributed by atoms with Gasteiger partial charge in [0.05, 0.1) is 0 Å². The Morgan fingerprint density at radius 2 is 1.80 bits per heavy atom. The highest BCUT2D eigenvalue weighted by Crippen LogP contribution is 2.28. The summed E-state index contributed by atoms with van der Waals surface area (Å²) in [6, 6.07) is 0. The Morgan fingerprint density at radius 3 is 2.30 bits per heavy atom. The van der Waals surface area contributed by atoms with E-state index in [0.29, 0.717) is 5.92 Å². The van der Waals surface area contributed by atoms with E-state index in [-0.39, 0.29) is 6.09 Å². The van der Waals surface area contributed by atoms with Gasteiger partial charge in [0, 0.05) is 13.1 Å². The predicted octanol–water partition coefficient (Wildman–Crippen LogP) is 3.02. The lowest BCUT2D eigenvalue weighted by Gasteiger charge is -2.37. The van der Waals surface area contributed by atoms with Gasteiger partial charge in [0.15, 0.2) is 0 Å². The predicted molar refractivity (Wildman–Crippen MR) is 80.7 cm³/mol. The van der Waals surface area contributed by atoms with Crippen molar-refractivity contribution in [2.45, 2.75) is 58.5 Å². The van der Waals surface area contributed by atoms with Crippen LogP contribution in [0.3, 0.4) is 0 Å². The van der Waals surface area contributed by atoms with Crippen molar-refractivity contribution in [3.63, 3.8) is 0 Å². The fourth-order valence-corrected chi connectivity index (χ4v) is 2.96. The number of nitrogens with one attached hydrogen (secondary N) is 1. The van der Waals surface area contributed by atoms with Gasteiger partial charge >= 0.3 is 6.09 Å². The van der Waals surface area contributed by atoms with Gasteiger partial charge in [0.2, 0.25) is 0 Å². The SMILES string of the molecule is CC(C)(C)OC(=O)NCC1CCN(CC2CCC2)CC1. The third-order valence-corrected chi connectivity index (χ3v) is 4.38. The van der Waals surface area contributed by atoms with Gasteiger partial charge in [-0.1, -0.05) is 6.42 Å². The lowest BCUT2D eigenvalue weighted by atomic mass is 9.84. The van der Waals surface area contributed by atoms with Gasteiger partial charge in [-0.3, -0.25) is 0 Å². The van der Waals surface area contributed by atoms with Gasteiger partial charge in [-0.2, -0.15) is 0 Å². The summed E-state index contributed by atoms with van der Waals surface area (Å²) in [5.74, 6) is 1.58. The van der Waals surface area contributed by atoms with E-state index in [9.17, 15) is 4.79 Å². The second kappa shape index (κ2) is 6.79. The molecule has 0 radical (unpaired) electrons. The Balaban J connectivity index is 1.58. The van der Waals surface area contributed by atoms with Crippen LogP contribution in [0, 0.1) is 11.8 Å². The lowest BCUT2D eigenvalue weighted by Crippen LogP contribution is -2.42. The highest BCUT2D eigenvalue weighted by atomic mass is 16.6. The van der Waals surface area contributed by atoms with Crippen molar-refractivity contribution in [1.29, 1.82) is 0 Å². The summed E-state index contributed by atoms with van der Waals surface area (Å²) >= 11 is 0. The summed E-state index contributed by atoms with van der Waals surface area (Å²) in [6.07, 6.45) is 6.40. The van der Waals surface area contributed by atoms with Crippen molar-refractivity contribution in [3.8, 4) is 0 Å². The Bertz CT molecular complexity index is 313. The number of rotatable bonds is 4. The first kappa shape index (κ1) is 15.6. The average Bonchev–Trinajstić information content (AvgIpc) is 2.30. The van der Waals surface area contributed by atoms with Crippen molar-refractivity contribution in [1.82, 2.24) is 10.2 Å². The molecule has 20 heavy (non-hydrogen) atoms. The van der Waals surface area contributed by atoms with Crippen LogP contribution in [0.25, 0.3) is 0 Å². The zero-order chi connectivity index (χ0) is 14.6. The molecule has 2 aliphatic rings. The molecule has 1 heterocycles. The van der Waals surface area contributed by atoms with Crippen LogP contribution in [0.4, 0.5) is 4.79 Å². The molecule has 2 rings (SSSR count). The number of carbonyl (C=O) groups excluding carboxylic acids is 1. The molecule has 1 amide bonds. The van der Waals surface area contributed by atoms with Crippen LogP contribution in [0.5, 0.6) is 0 Å². The minimum atomic E-state index is -0.407. The highest BCUT2D eigenvalue weighted by Gasteiger charge is 2.25. The summed E-state index contributed by atoms with van der Waals surface area (Å²) < 4.78 is 5.26. The monoisotopic (exact) mass is 282 g/mol. The molecule has 0 bridgehead atoms. The van der Waals surface area contributed by atoms with Crippen molar-refractivity contribution in [3.05, 3.63) is 0 Å². The first-order valence-corrected chi connectivity index (χ1v) is 8.11. The molecule has 2 fully saturated rings. The van der Waals surface area contributed by atoms with Crippen LogP contribution in [-0.2, 0) is 4.74 Å². The van der Waals surface area contributed by atoms with Crippen molar-refractivity contribution < 1.29 is 9.53 Å². The minimum Gasteiger partial charge on any atom is -0.444 e. The Kier molecular flexibility index (Phi) is 5.30. The molecule has 0 unspecified atom stereocenters. The van der Waals surface area contributed by atoms with Crippen LogP contribution in [0.15, 0.2) is 0 Å². The molecule has 0 aromatic heterocycles. The van der Waals surface area contributed by atoms with Gasteiger partial charge in [-0.05, 0) is 71.4 Å². The van der Waals surface area contributed by atoms with Gasteiger partial charge in [0.25, 0.3) is 0 Å². The van der Waals surface area contributed by atoms with E-state index in [0.717, 1.165) is 12.5 Å². The Hall–Kier alpha value is -0.770. The zero-order valence-electron chi connectivity index (χ0n) is 13.3. The molecule has 1 aliphatic heterocycles. The molecule has 0 spiro atoms. The van der Waals surface area contributed by atoms with Crippen molar-refractivity contribution in [2.24, 2.45) is 11.8 Å². The van der Waals surface area contributed by atoms with E-state index < -0.39 is 5.60 Å².